The fraction of sp³-hybridized carbons (Fsp3) is 0.400. The number of halogens is 1. The van der Waals surface area contributed by atoms with Crippen LogP contribution in [0.25, 0.3) is 6.08 Å². The lowest BCUT2D eigenvalue weighted by Gasteiger charge is -2.27. The molecule has 0 unspecified atom stereocenters. The number of amides is 1. The van der Waals surface area contributed by atoms with Crippen LogP contribution in [-0.2, 0) is 4.79 Å². The van der Waals surface area contributed by atoms with Crippen molar-refractivity contribution in [3.8, 4) is 0 Å². The number of carbonyl (C=O) groups excluding carboxylic acids is 1. The first kappa shape index (κ1) is 13.7. The predicted octanol–water partition coefficient (Wildman–Crippen LogP) is 2.26. The van der Waals surface area contributed by atoms with Gasteiger partial charge in [0.25, 0.3) is 0 Å². The van der Waals surface area contributed by atoms with Crippen molar-refractivity contribution in [1.29, 1.82) is 0 Å². The van der Waals surface area contributed by atoms with Crippen LogP contribution < -0.4 is 5.32 Å². The molecule has 0 radical (unpaired) electrons. The summed E-state index contributed by atoms with van der Waals surface area (Å²) in [5.41, 5.74) is 0.377. The highest BCUT2D eigenvalue weighted by Crippen LogP contribution is 2.18. The number of aliphatic hydroxyl groups excluding tert-OH is 1. The number of carbonyl (C=O) groups is 1. The minimum absolute atomic E-state index is 0.188. The maximum absolute atomic E-state index is 13.3. The van der Waals surface area contributed by atoms with Gasteiger partial charge in [0.2, 0.25) is 5.91 Å². The van der Waals surface area contributed by atoms with Crippen molar-refractivity contribution in [3.05, 3.63) is 41.7 Å². The van der Waals surface area contributed by atoms with E-state index in [0.717, 1.165) is 25.7 Å². The number of hydrogen-bond acceptors (Lipinski definition) is 2. The fourth-order valence-corrected chi connectivity index (χ4v) is 2.29. The first-order chi connectivity index (χ1) is 9.16. The zero-order valence-electron chi connectivity index (χ0n) is 10.7. The summed E-state index contributed by atoms with van der Waals surface area (Å²) in [6.07, 6.45) is 5.80. The molecule has 0 aromatic heterocycles. The van der Waals surface area contributed by atoms with Gasteiger partial charge in [-0.3, -0.25) is 4.79 Å². The Labute approximate surface area is 112 Å². The van der Waals surface area contributed by atoms with Gasteiger partial charge in [0.15, 0.2) is 0 Å². The topological polar surface area (TPSA) is 49.3 Å². The molecule has 4 heteroatoms. The second-order valence-electron chi connectivity index (χ2n) is 4.82. The molecule has 2 rings (SSSR count). The minimum atomic E-state index is -0.473. The summed E-state index contributed by atoms with van der Waals surface area (Å²) in [5.74, 6) is -0.654. The van der Waals surface area contributed by atoms with Crippen molar-refractivity contribution in [2.75, 3.05) is 0 Å². The Hall–Kier alpha value is -1.68. The summed E-state index contributed by atoms with van der Waals surface area (Å²) in [5, 5.41) is 12.5. The molecule has 1 aliphatic rings. The molecule has 0 spiro atoms. The third-order valence-electron chi connectivity index (χ3n) is 3.38. The molecule has 0 heterocycles. The van der Waals surface area contributed by atoms with Crippen LogP contribution in [0.2, 0.25) is 0 Å². The van der Waals surface area contributed by atoms with Crippen LogP contribution >= 0.6 is 0 Å². The smallest absolute Gasteiger partial charge is 0.244 e. The molecule has 19 heavy (non-hydrogen) atoms. The number of nitrogens with one attached hydrogen (secondary N) is 1. The van der Waals surface area contributed by atoms with Gasteiger partial charge in [-0.1, -0.05) is 31.0 Å². The van der Waals surface area contributed by atoms with E-state index in [2.05, 4.69) is 5.32 Å². The summed E-state index contributed by atoms with van der Waals surface area (Å²) in [7, 11) is 0. The number of rotatable bonds is 3. The van der Waals surface area contributed by atoms with Crippen LogP contribution in [0.15, 0.2) is 30.3 Å². The lowest BCUT2D eigenvalue weighted by molar-refractivity contribution is -0.118. The third kappa shape index (κ3) is 3.89. The highest BCUT2D eigenvalue weighted by molar-refractivity contribution is 5.91. The molecular weight excluding hydrogens is 245 g/mol. The van der Waals surface area contributed by atoms with Gasteiger partial charge in [-0.25, -0.2) is 4.39 Å². The lowest BCUT2D eigenvalue weighted by atomic mass is 9.92. The van der Waals surface area contributed by atoms with Gasteiger partial charge in [-0.05, 0) is 25.0 Å². The highest BCUT2D eigenvalue weighted by Gasteiger charge is 2.23. The molecule has 1 amide bonds. The average molecular weight is 263 g/mol. The van der Waals surface area contributed by atoms with Crippen LogP contribution in [0.3, 0.4) is 0 Å². The summed E-state index contributed by atoms with van der Waals surface area (Å²) in [6.45, 7) is 0. The summed E-state index contributed by atoms with van der Waals surface area (Å²) >= 11 is 0. The van der Waals surface area contributed by atoms with Crippen molar-refractivity contribution < 1.29 is 14.3 Å². The van der Waals surface area contributed by atoms with Crippen molar-refractivity contribution in [2.45, 2.75) is 37.8 Å². The Morgan fingerprint density at radius 3 is 2.79 bits per heavy atom. The molecule has 1 saturated carbocycles. The standard InChI is InChI=1S/C15H18FNO2/c16-12-6-2-1-5-11(12)9-10-15(19)17-13-7-3-4-8-14(13)18/h1-2,5-6,9-10,13-14,18H,3-4,7-8H2,(H,17,19)/b10-9+/t13-,14-/m0/s1. The van der Waals surface area contributed by atoms with Crippen molar-refractivity contribution in [2.24, 2.45) is 0 Å². The van der Waals surface area contributed by atoms with Gasteiger partial charge in [0, 0.05) is 11.6 Å². The van der Waals surface area contributed by atoms with E-state index in [-0.39, 0.29) is 17.8 Å². The molecule has 3 nitrogen and oxygen atoms in total. The summed E-state index contributed by atoms with van der Waals surface area (Å²) in [6, 6.07) is 6.08. The zero-order chi connectivity index (χ0) is 13.7. The van der Waals surface area contributed by atoms with E-state index in [9.17, 15) is 14.3 Å². The van der Waals surface area contributed by atoms with Crippen LogP contribution in [0.4, 0.5) is 4.39 Å². The zero-order valence-corrected chi connectivity index (χ0v) is 10.7. The van der Waals surface area contributed by atoms with Crippen LogP contribution in [-0.4, -0.2) is 23.2 Å². The van der Waals surface area contributed by atoms with Gasteiger partial charge in [-0.2, -0.15) is 0 Å². The highest BCUT2D eigenvalue weighted by atomic mass is 19.1. The number of hydrogen-bond donors (Lipinski definition) is 2. The fourth-order valence-electron chi connectivity index (χ4n) is 2.29. The SMILES string of the molecule is O=C(/C=C/c1ccccc1F)N[C@H]1CCCC[C@@H]1O. The van der Waals surface area contributed by atoms with Gasteiger partial charge in [0.05, 0.1) is 12.1 Å². The number of aliphatic hydroxyl groups is 1. The Bertz CT molecular complexity index is 473. The van der Waals surface area contributed by atoms with E-state index in [1.807, 2.05) is 0 Å². The molecule has 102 valence electrons. The molecule has 2 atom stereocenters. The van der Waals surface area contributed by atoms with E-state index in [1.54, 1.807) is 18.2 Å². The van der Waals surface area contributed by atoms with Gasteiger partial charge < -0.3 is 10.4 Å². The minimum Gasteiger partial charge on any atom is -0.391 e. The molecule has 2 N–H and O–H groups in total. The van der Waals surface area contributed by atoms with Crippen LogP contribution in [0.5, 0.6) is 0 Å². The second kappa shape index (κ2) is 6.48. The van der Waals surface area contributed by atoms with Crippen molar-refractivity contribution >= 4 is 12.0 Å². The Kier molecular flexibility index (Phi) is 4.68. The summed E-state index contributed by atoms with van der Waals surface area (Å²) < 4.78 is 13.3. The molecule has 1 aromatic carbocycles. The molecule has 1 aromatic rings. The van der Waals surface area contributed by atoms with E-state index in [0.29, 0.717) is 5.56 Å². The molecule has 0 aliphatic heterocycles. The third-order valence-corrected chi connectivity index (χ3v) is 3.38. The summed E-state index contributed by atoms with van der Waals surface area (Å²) in [4.78, 5) is 11.7. The Balaban J connectivity index is 1.92. The average Bonchev–Trinajstić information content (AvgIpc) is 2.40. The van der Waals surface area contributed by atoms with E-state index >= 15 is 0 Å². The maximum Gasteiger partial charge on any atom is 0.244 e. The van der Waals surface area contributed by atoms with E-state index in [4.69, 9.17) is 0 Å². The van der Waals surface area contributed by atoms with Crippen LogP contribution in [0.1, 0.15) is 31.2 Å². The van der Waals surface area contributed by atoms with Gasteiger partial charge >= 0.3 is 0 Å². The normalized spacial score (nSPS) is 23.5. The second-order valence-corrected chi connectivity index (χ2v) is 4.82. The lowest BCUT2D eigenvalue weighted by Crippen LogP contribution is -2.44. The quantitative estimate of drug-likeness (QED) is 0.822. The van der Waals surface area contributed by atoms with E-state index < -0.39 is 6.10 Å². The molecule has 1 aliphatic carbocycles. The number of benzene rings is 1. The van der Waals surface area contributed by atoms with E-state index in [1.165, 1.54) is 18.2 Å². The Morgan fingerprint density at radius 2 is 2.05 bits per heavy atom. The van der Waals surface area contributed by atoms with Crippen molar-refractivity contribution in [3.63, 3.8) is 0 Å². The van der Waals surface area contributed by atoms with Gasteiger partial charge in [0.1, 0.15) is 5.82 Å². The molecule has 0 saturated heterocycles. The molecular formula is C15H18FNO2. The van der Waals surface area contributed by atoms with Gasteiger partial charge in [-0.15, -0.1) is 0 Å². The predicted molar refractivity (Wildman–Crippen MR) is 71.8 cm³/mol. The van der Waals surface area contributed by atoms with Crippen molar-refractivity contribution in [1.82, 2.24) is 5.32 Å². The molecule has 1 fully saturated rings. The first-order valence-corrected chi connectivity index (χ1v) is 6.58. The largest absolute Gasteiger partial charge is 0.391 e. The Morgan fingerprint density at radius 1 is 1.32 bits per heavy atom. The first-order valence-electron chi connectivity index (χ1n) is 6.58. The van der Waals surface area contributed by atoms with Crippen LogP contribution in [0, 0.1) is 5.82 Å². The maximum atomic E-state index is 13.3. The molecule has 0 bridgehead atoms. The monoisotopic (exact) mass is 263 g/mol.